The summed E-state index contributed by atoms with van der Waals surface area (Å²) in [6.45, 7) is 3.42. The molecule has 2 aromatic rings. The summed E-state index contributed by atoms with van der Waals surface area (Å²) in [6, 6.07) is 7.81. The van der Waals surface area contributed by atoms with Crippen LogP contribution in [0.25, 0.3) is 0 Å². The van der Waals surface area contributed by atoms with Gasteiger partial charge in [0, 0.05) is 22.7 Å². The molecule has 0 radical (unpaired) electrons. The van der Waals surface area contributed by atoms with Crippen LogP contribution in [-0.4, -0.2) is 38.4 Å². The van der Waals surface area contributed by atoms with Crippen molar-refractivity contribution in [2.45, 2.75) is 25.8 Å². The lowest BCUT2D eigenvalue weighted by molar-refractivity contribution is 0.293. The molecule has 1 aliphatic rings. The molecule has 0 spiro atoms. The average molecular weight is 571 g/mol. The molecule has 1 fully saturated rings. The van der Waals surface area contributed by atoms with Gasteiger partial charge in [-0.3, -0.25) is 4.72 Å². The number of nitrogens with zero attached hydrogens (tertiary/aromatic N) is 1. The third kappa shape index (κ3) is 5.52. The molecule has 1 saturated heterocycles. The molecule has 3 N–H and O–H groups in total. The smallest absolute Gasteiger partial charge is 0.301 e. The number of benzene rings is 2. The van der Waals surface area contributed by atoms with Crippen LogP contribution < -0.4 is 15.4 Å². The Labute approximate surface area is 193 Å². The molecule has 0 saturated carbocycles. The summed E-state index contributed by atoms with van der Waals surface area (Å²) in [4.78, 5) is 0. The highest BCUT2D eigenvalue weighted by Crippen LogP contribution is 2.31. The molecule has 0 aromatic heterocycles. The van der Waals surface area contributed by atoms with Crippen LogP contribution in [0.3, 0.4) is 0 Å². The number of hydrogen-bond acceptors (Lipinski definition) is 4. The van der Waals surface area contributed by atoms with E-state index in [1.54, 1.807) is 18.2 Å². The molecule has 11 heteroatoms. The van der Waals surface area contributed by atoms with Gasteiger partial charge in [-0.05, 0) is 72.3 Å². The normalized spacial score (nSPS) is 15.9. The van der Waals surface area contributed by atoms with Crippen molar-refractivity contribution in [3.05, 3.63) is 50.6 Å². The van der Waals surface area contributed by atoms with Crippen LogP contribution in [0.15, 0.2) is 30.3 Å². The minimum Gasteiger partial charge on any atom is -0.352 e. The van der Waals surface area contributed by atoms with E-state index in [-0.39, 0.29) is 11.7 Å². The SMILES string of the molecule is CCNC1CCN(S(=O)(=O)Nc2ccc(Nc3ccc(I)cc3Cl)c(F)c2F)CC1. The minimum atomic E-state index is -3.99. The predicted octanol–water partition coefficient (Wildman–Crippen LogP) is 4.70. The van der Waals surface area contributed by atoms with E-state index in [1.165, 1.54) is 16.4 Å². The molecule has 6 nitrogen and oxygen atoms in total. The highest BCUT2D eigenvalue weighted by atomic mass is 127. The Balaban J connectivity index is 1.73. The van der Waals surface area contributed by atoms with Crippen LogP contribution in [0.1, 0.15) is 19.8 Å². The Morgan fingerprint density at radius 2 is 1.70 bits per heavy atom. The molecular weight excluding hydrogens is 549 g/mol. The summed E-state index contributed by atoms with van der Waals surface area (Å²) in [7, 11) is -3.99. The molecule has 0 unspecified atom stereocenters. The number of rotatable bonds is 7. The van der Waals surface area contributed by atoms with Gasteiger partial charge < -0.3 is 10.6 Å². The predicted molar refractivity (Wildman–Crippen MR) is 125 cm³/mol. The quantitative estimate of drug-likeness (QED) is 0.422. The first-order chi connectivity index (χ1) is 14.2. The Kier molecular flexibility index (Phi) is 7.77. The summed E-state index contributed by atoms with van der Waals surface area (Å²) in [5.74, 6) is -2.48. The number of halogens is 4. The van der Waals surface area contributed by atoms with Crippen molar-refractivity contribution < 1.29 is 17.2 Å². The first kappa shape index (κ1) is 23.5. The van der Waals surface area contributed by atoms with Gasteiger partial charge in [0.1, 0.15) is 0 Å². The fourth-order valence-corrected chi connectivity index (χ4v) is 5.41. The van der Waals surface area contributed by atoms with Crippen LogP contribution in [0.4, 0.5) is 25.8 Å². The van der Waals surface area contributed by atoms with Gasteiger partial charge in [-0.2, -0.15) is 12.7 Å². The molecule has 164 valence electrons. The van der Waals surface area contributed by atoms with E-state index in [4.69, 9.17) is 11.6 Å². The van der Waals surface area contributed by atoms with Crippen molar-refractivity contribution in [3.8, 4) is 0 Å². The zero-order valence-corrected chi connectivity index (χ0v) is 19.9. The Bertz CT molecular complexity index is 1020. The Morgan fingerprint density at radius 3 is 2.33 bits per heavy atom. The van der Waals surface area contributed by atoms with Crippen LogP contribution in [0.2, 0.25) is 5.02 Å². The summed E-state index contributed by atoms with van der Waals surface area (Å²) < 4.78 is 58.7. The van der Waals surface area contributed by atoms with Crippen molar-refractivity contribution in [2.24, 2.45) is 0 Å². The van der Waals surface area contributed by atoms with Gasteiger partial charge in [0.25, 0.3) is 0 Å². The first-order valence-corrected chi connectivity index (χ1v) is 12.3. The lowest BCUT2D eigenvalue weighted by Gasteiger charge is -2.31. The van der Waals surface area contributed by atoms with E-state index in [0.717, 1.165) is 10.1 Å². The van der Waals surface area contributed by atoms with E-state index in [0.29, 0.717) is 36.6 Å². The van der Waals surface area contributed by atoms with E-state index in [1.807, 2.05) is 6.92 Å². The third-order valence-corrected chi connectivity index (χ3v) is 7.31. The Hall–Kier alpha value is -1.21. The van der Waals surface area contributed by atoms with E-state index >= 15 is 0 Å². The van der Waals surface area contributed by atoms with E-state index in [2.05, 4.69) is 37.9 Å². The fraction of sp³-hybridized carbons (Fsp3) is 0.368. The van der Waals surface area contributed by atoms with E-state index < -0.39 is 27.5 Å². The molecule has 3 rings (SSSR count). The summed E-state index contributed by atoms with van der Waals surface area (Å²) in [5, 5.41) is 6.38. The summed E-state index contributed by atoms with van der Waals surface area (Å²) in [5.41, 5.74) is -0.183. The van der Waals surface area contributed by atoms with Crippen LogP contribution in [0.5, 0.6) is 0 Å². The fourth-order valence-electron chi connectivity index (χ4n) is 3.25. The van der Waals surface area contributed by atoms with Crippen molar-refractivity contribution in [1.82, 2.24) is 9.62 Å². The molecular formula is C19H22ClF2IN4O2S. The average Bonchev–Trinajstić information content (AvgIpc) is 2.70. The maximum atomic E-state index is 14.6. The lowest BCUT2D eigenvalue weighted by atomic mass is 10.1. The van der Waals surface area contributed by atoms with Crippen LogP contribution in [-0.2, 0) is 10.2 Å². The maximum absolute atomic E-state index is 14.6. The van der Waals surface area contributed by atoms with Crippen LogP contribution >= 0.6 is 34.2 Å². The number of nitrogens with one attached hydrogen (secondary N) is 3. The number of hydrogen-bond donors (Lipinski definition) is 3. The van der Waals surface area contributed by atoms with Gasteiger partial charge in [-0.15, -0.1) is 0 Å². The molecule has 2 aromatic carbocycles. The highest BCUT2D eigenvalue weighted by Gasteiger charge is 2.29. The molecule has 0 amide bonds. The van der Waals surface area contributed by atoms with Gasteiger partial charge >= 0.3 is 10.2 Å². The van der Waals surface area contributed by atoms with Crippen molar-refractivity contribution in [3.63, 3.8) is 0 Å². The molecule has 0 bridgehead atoms. The zero-order chi connectivity index (χ0) is 21.9. The topological polar surface area (TPSA) is 73.5 Å². The van der Waals surface area contributed by atoms with Crippen LogP contribution in [0, 0.1) is 15.2 Å². The highest BCUT2D eigenvalue weighted by molar-refractivity contribution is 14.1. The van der Waals surface area contributed by atoms with E-state index in [9.17, 15) is 17.2 Å². The van der Waals surface area contributed by atoms with Crippen molar-refractivity contribution in [1.29, 1.82) is 0 Å². The molecule has 0 atom stereocenters. The molecule has 1 heterocycles. The van der Waals surface area contributed by atoms with Gasteiger partial charge in [-0.25, -0.2) is 8.78 Å². The Morgan fingerprint density at radius 1 is 1.10 bits per heavy atom. The third-order valence-electron chi connectivity index (χ3n) is 4.81. The molecule has 0 aliphatic carbocycles. The second kappa shape index (κ2) is 9.94. The van der Waals surface area contributed by atoms with Gasteiger partial charge in [-0.1, -0.05) is 18.5 Å². The van der Waals surface area contributed by atoms with Crippen molar-refractivity contribution >= 4 is 61.5 Å². The monoisotopic (exact) mass is 570 g/mol. The second-order valence-corrected chi connectivity index (χ2v) is 10.2. The zero-order valence-electron chi connectivity index (χ0n) is 16.2. The van der Waals surface area contributed by atoms with Crippen molar-refractivity contribution in [2.75, 3.05) is 29.7 Å². The maximum Gasteiger partial charge on any atom is 0.301 e. The summed E-state index contributed by atoms with van der Waals surface area (Å²) >= 11 is 8.21. The second-order valence-electron chi connectivity index (χ2n) is 6.88. The summed E-state index contributed by atoms with van der Waals surface area (Å²) in [6.07, 6.45) is 1.32. The van der Waals surface area contributed by atoms with Gasteiger partial charge in [0.2, 0.25) is 0 Å². The molecule has 1 aliphatic heterocycles. The molecule has 30 heavy (non-hydrogen) atoms. The lowest BCUT2D eigenvalue weighted by Crippen LogP contribution is -2.46. The number of piperidine rings is 1. The standard InChI is InChI=1S/C19H22ClF2IN4O2S/c1-2-24-13-7-9-27(10-8-13)30(28,29)26-17-6-5-16(18(21)19(17)22)25-15-4-3-12(23)11-14(15)20/h3-6,11,13,24-26H,2,7-10H2,1H3. The van der Waals surface area contributed by atoms with Gasteiger partial charge in [0.15, 0.2) is 11.6 Å². The van der Waals surface area contributed by atoms with Gasteiger partial charge in [0.05, 0.1) is 22.1 Å². The first-order valence-electron chi connectivity index (χ1n) is 9.42. The largest absolute Gasteiger partial charge is 0.352 e. The minimum absolute atomic E-state index is 0.148. The number of anilines is 3.